The van der Waals surface area contributed by atoms with Crippen molar-refractivity contribution in [2.45, 2.75) is 110 Å². The van der Waals surface area contributed by atoms with Gasteiger partial charge in [-0.1, -0.05) is 128 Å². The zero-order valence-electron chi connectivity index (χ0n) is 24.1. The first-order chi connectivity index (χ1) is 19.5. The number of carboxylic acids is 1. The first-order valence-electron chi connectivity index (χ1n) is 15.2. The van der Waals surface area contributed by atoms with Gasteiger partial charge in [0.25, 0.3) is 0 Å². The molecule has 8 heteroatoms. The van der Waals surface area contributed by atoms with Crippen LogP contribution in [0.5, 0.6) is 5.75 Å². The average Bonchev–Trinajstić information content (AvgIpc) is 3.42. The number of hydrogen-bond donors (Lipinski definition) is 1. The number of anilines is 1. The molecule has 0 bridgehead atoms. The maximum absolute atomic E-state index is 12.4. The van der Waals surface area contributed by atoms with E-state index in [1.54, 1.807) is 12.2 Å². The molecule has 0 aliphatic carbocycles. The second-order valence-electron chi connectivity index (χ2n) is 10.7. The number of carbonyl (C=O) groups excluding carboxylic acids is 1. The number of thiocarbonyl (C=S) groups is 1. The van der Waals surface area contributed by atoms with Crippen LogP contribution in [-0.4, -0.2) is 38.5 Å². The van der Waals surface area contributed by atoms with Gasteiger partial charge in [-0.3, -0.25) is 9.59 Å². The minimum Gasteiger partial charge on any atom is -0.480 e. The third kappa shape index (κ3) is 10.6. The normalized spacial score (nSPS) is 16.8. The molecule has 0 unspecified atom stereocenters. The molecule has 2 aliphatic rings. The Morgan fingerprint density at radius 3 is 1.98 bits per heavy atom. The molecule has 6 nitrogen and oxygen atoms in total. The lowest BCUT2D eigenvalue weighted by molar-refractivity contribution is -0.137. The summed E-state index contributed by atoms with van der Waals surface area (Å²) in [4.78, 5) is 27.2. The zero-order valence-corrected chi connectivity index (χ0v) is 25.7. The molecule has 2 aliphatic heterocycles. The van der Waals surface area contributed by atoms with Gasteiger partial charge in [0.15, 0.2) is 5.75 Å². The van der Waals surface area contributed by atoms with Gasteiger partial charge in [-0.15, -0.1) is 0 Å². The van der Waals surface area contributed by atoms with E-state index in [2.05, 4.69) is 11.8 Å². The van der Waals surface area contributed by atoms with Gasteiger partial charge in [0, 0.05) is 12.6 Å². The summed E-state index contributed by atoms with van der Waals surface area (Å²) in [7, 11) is 0. The first kappa shape index (κ1) is 32.2. The molecule has 2 heterocycles. The minimum atomic E-state index is -1.04. The Hall–Kier alpha value is -2.32. The molecular weight excluding hydrogens is 540 g/mol. The van der Waals surface area contributed by atoms with Crippen LogP contribution in [0.3, 0.4) is 0 Å². The van der Waals surface area contributed by atoms with Gasteiger partial charge in [0.1, 0.15) is 10.9 Å². The molecule has 0 aromatic heterocycles. The highest BCUT2D eigenvalue weighted by Crippen LogP contribution is 2.39. The summed E-state index contributed by atoms with van der Waals surface area (Å²) in [6.07, 6.45) is 24.8. The quantitative estimate of drug-likeness (QED) is 0.0923. The lowest BCUT2D eigenvalue weighted by atomic mass is 10.0. The second kappa shape index (κ2) is 18.2. The van der Waals surface area contributed by atoms with Crippen molar-refractivity contribution in [2.75, 3.05) is 18.0 Å². The van der Waals surface area contributed by atoms with Crippen LogP contribution in [0.25, 0.3) is 0 Å². The molecule has 1 saturated heterocycles. The van der Waals surface area contributed by atoms with Crippen molar-refractivity contribution in [3.05, 3.63) is 48.0 Å². The van der Waals surface area contributed by atoms with Crippen LogP contribution in [0.15, 0.2) is 48.0 Å². The summed E-state index contributed by atoms with van der Waals surface area (Å²) in [5.41, 5.74) is 1.28. The molecule has 0 saturated carbocycles. The second-order valence-corrected chi connectivity index (χ2v) is 12.3. The number of unbranched alkanes of at least 4 members (excludes halogenated alkanes) is 15. The zero-order chi connectivity index (χ0) is 28.6. The van der Waals surface area contributed by atoms with Crippen molar-refractivity contribution in [1.29, 1.82) is 0 Å². The topological polar surface area (TPSA) is 70.1 Å². The van der Waals surface area contributed by atoms with E-state index in [0.717, 1.165) is 36.2 Å². The number of nitrogens with zero attached hydrogens (tertiary/aromatic N) is 2. The Kier molecular flexibility index (Phi) is 14.6. The maximum atomic E-state index is 12.4. The van der Waals surface area contributed by atoms with Gasteiger partial charge in [-0.25, -0.2) is 0 Å². The van der Waals surface area contributed by atoms with E-state index in [4.69, 9.17) is 17.0 Å². The van der Waals surface area contributed by atoms with E-state index in [1.165, 1.54) is 101 Å². The van der Waals surface area contributed by atoms with E-state index in [0.29, 0.717) is 5.88 Å². The fourth-order valence-corrected chi connectivity index (χ4v) is 6.32. The van der Waals surface area contributed by atoms with E-state index in [1.807, 2.05) is 24.3 Å². The fraction of sp³-hybridized carbons (Fsp3) is 0.594. The van der Waals surface area contributed by atoms with Crippen LogP contribution in [0.2, 0.25) is 0 Å². The molecule has 1 aromatic rings. The molecule has 1 fully saturated rings. The minimum absolute atomic E-state index is 0.247. The van der Waals surface area contributed by atoms with Crippen molar-refractivity contribution in [2.24, 2.45) is 0 Å². The van der Waals surface area contributed by atoms with Crippen molar-refractivity contribution in [3.8, 4) is 5.75 Å². The van der Waals surface area contributed by atoms with E-state index < -0.39 is 5.97 Å². The third-order valence-electron chi connectivity index (χ3n) is 7.45. The van der Waals surface area contributed by atoms with Crippen molar-refractivity contribution >= 4 is 45.1 Å². The summed E-state index contributed by atoms with van der Waals surface area (Å²) in [6, 6.07) is 7.91. The van der Waals surface area contributed by atoms with Gasteiger partial charge in [-0.05, 0) is 36.4 Å². The van der Waals surface area contributed by atoms with E-state index >= 15 is 0 Å². The summed E-state index contributed by atoms with van der Waals surface area (Å²) < 4.78 is 6.36. The van der Waals surface area contributed by atoms with Crippen LogP contribution < -0.4 is 9.64 Å². The molecule has 220 valence electrons. The molecule has 0 atom stereocenters. The summed E-state index contributed by atoms with van der Waals surface area (Å²) >= 11 is 6.08. The third-order valence-corrected chi connectivity index (χ3v) is 8.71. The molecule has 40 heavy (non-hydrogen) atoms. The number of hydrogen-bond acceptors (Lipinski definition) is 6. The Bertz CT molecular complexity index is 1040. The van der Waals surface area contributed by atoms with Crippen molar-refractivity contribution in [1.82, 2.24) is 4.90 Å². The van der Waals surface area contributed by atoms with E-state index in [9.17, 15) is 14.7 Å². The number of allylic oxidation sites excluding steroid dienone is 2. The van der Waals surface area contributed by atoms with Gasteiger partial charge in [0.2, 0.25) is 11.0 Å². The highest BCUT2D eigenvalue weighted by molar-refractivity contribution is 8.33. The van der Waals surface area contributed by atoms with Crippen LogP contribution in [0.4, 0.5) is 5.69 Å². The molecule has 0 spiro atoms. The number of rotatable bonds is 20. The van der Waals surface area contributed by atoms with Crippen molar-refractivity contribution < 1.29 is 19.4 Å². The standard InChI is InChI=1S/C32H46N2O4S2/c1-2-3-4-5-6-7-8-9-10-11-12-13-14-15-16-19-24-33-26-20-17-18-21-28(26)38-29(33)23-22-27-31(37)40-32(39)34(27)25-30(35)36/h17-18,20-23H,2-16,19,24-25H2,1H3,(H,35,36)/b27-22+,29-23+. The number of carboxylic acid groups (broad SMARTS) is 1. The molecule has 0 radical (unpaired) electrons. The Morgan fingerprint density at radius 1 is 0.850 bits per heavy atom. The van der Waals surface area contributed by atoms with Crippen LogP contribution in [-0.2, 0) is 9.59 Å². The number of para-hydroxylation sites is 2. The lowest BCUT2D eigenvalue weighted by Crippen LogP contribution is -2.28. The summed E-state index contributed by atoms with van der Waals surface area (Å²) in [5.74, 6) is 0.389. The number of carbonyl (C=O) groups is 2. The largest absolute Gasteiger partial charge is 0.480 e. The van der Waals surface area contributed by atoms with Gasteiger partial charge in [-0.2, -0.15) is 0 Å². The van der Waals surface area contributed by atoms with E-state index in [-0.39, 0.29) is 21.7 Å². The average molecular weight is 587 g/mol. The fourth-order valence-electron chi connectivity index (χ4n) is 5.21. The number of fused-ring (bicyclic) bond motifs is 1. The highest BCUT2D eigenvalue weighted by Gasteiger charge is 2.33. The maximum Gasteiger partial charge on any atom is 0.323 e. The number of ether oxygens (including phenoxy) is 1. The highest BCUT2D eigenvalue weighted by atomic mass is 32.2. The molecule has 1 aromatic carbocycles. The van der Waals surface area contributed by atoms with Gasteiger partial charge < -0.3 is 19.6 Å². The monoisotopic (exact) mass is 586 g/mol. The molecule has 1 N–H and O–H groups in total. The number of benzene rings is 1. The van der Waals surface area contributed by atoms with Crippen LogP contribution >= 0.6 is 24.0 Å². The molecule has 0 amide bonds. The SMILES string of the molecule is CCCCCCCCCCCCCCCCCCN1/C(=C\C=C2/C(=O)SC(=S)N2CC(=O)O)Oc2ccccc21. The molecular formula is C32H46N2O4S2. The Morgan fingerprint density at radius 2 is 1.40 bits per heavy atom. The predicted molar refractivity (Wildman–Crippen MR) is 170 cm³/mol. The number of aliphatic carboxylic acids is 1. The van der Waals surface area contributed by atoms with Crippen LogP contribution in [0, 0.1) is 0 Å². The predicted octanol–water partition coefficient (Wildman–Crippen LogP) is 8.82. The smallest absolute Gasteiger partial charge is 0.323 e. The Balaban J connectivity index is 1.37. The number of thioether (sulfide) groups is 1. The molecule has 3 rings (SSSR count). The van der Waals surface area contributed by atoms with Gasteiger partial charge >= 0.3 is 5.97 Å². The summed E-state index contributed by atoms with van der Waals surface area (Å²) in [5, 5.41) is 8.96. The van der Waals surface area contributed by atoms with Crippen LogP contribution in [0.1, 0.15) is 110 Å². The lowest BCUT2D eigenvalue weighted by Gasteiger charge is -2.18. The first-order valence-corrected chi connectivity index (χ1v) is 16.5. The van der Waals surface area contributed by atoms with Gasteiger partial charge in [0.05, 0.1) is 11.4 Å². The van der Waals surface area contributed by atoms with Crippen molar-refractivity contribution in [3.63, 3.8) is 0 Å². The summed E-state index contributed by atoms with van der Waals surface area (Å²) in [6.45, 7) is 2.76. The Labute approximate surface area is 250 Å².